The Bertz CT molecular complexity index is 639. The van der Waals surface area contributed by atoms with Crippen LogP contribution >= 0.6 is 0 Å². The zero-order valence-corrected chi connectivity index (χ0v) is 17.2. The molecule has 1 aromatic rings. The molecule has 0 bridgehead atoms. The second-order valence-electron chi connectivity index (χ2n) is 7.73. The molecule has 28 heavy (non-hydrogen) atoms. The summed E-state index contributed by atoms with van der Waals surface area (Å²) in [5, 5.41) is 9.98. The Kier molecular flexibility index (Phi) is 8.30. The van der Waals surface area contributed by atoms with Crippen molar-refractivity contribution in [2.75, 3.05) is 0 Å². The molecule has 0 saturated heterocycles. The van der Waals surface area contributed by atoms with Gasteiger partial charge in [0, 0.05) is 6.42 Å². The van der Waals surface area contributed by atoms with Gasteiger partial charge in [0.15, 0.2) is 0 Å². The molecule has 156 valence electrons. The van der Waals surface area contributed by atoms with Crippen molar-refractivity contribution in [3.05, 3.63) is 35.4 Å². The maximum Gasteiger partial charge on any atom is 0.511 e. The molecule has 1 fully saturated rings. The molecule has 0 radical (unpaired) electrons. The number of carbonyl (C=O) groups excluding carboxylic acids is 2. The minimum absolute atomic E-state index is 0.207. The zero-order chi connectivity index (χ0) is 20.7. The number of benzene rings is 1. The summed E-state index contributed by atoms with van der Waals surface area (Å²) in [5.41, 5.74) is 1.99. The summed E-state index contributed by atoms with van der Waals surface area (Å²) in [6.45, 7) is 6.95. The lowest BCUT2D eigenvalue weighted by Crippen LogP contribution is -2.27. The van der Waals surface area contributed by atoms with E-state index in [4.69, 9.17) is 14.2 Å². The normalized spacial score (nSPS) is 21.2. The van der Waals surface area contributed by atoms with Crippen molar-refractivity contribution in [2.24, 2.45) is 5.92 Å². The van der Waals surface area contributed by atoms with Gasteiger partial charge in [-0.3, -0.25) is 4.79 Å². The molecule has 6 nitrogen and oxygen atoms in total. The lowest BCUT2D eigenvalue weighted by atomic mass is 9.93. The molecule has 1 aliphatic carbocycles. The molecular formula is C22H32O6. The first-order valence-corrected chi connectivity index (χ1v) is 10.1. The molecule has 1 N–H and O–H groups in total. The van der Waals surface area contributed by atoms with E-state index < -0.39 is 24.3 Å². The molecule has 1 aromatic carbocycles. The van der Waals surface area contributed by atoms with Gasteiger partial charge in [-0.1, -0.05) is 37.6 Å². The monoisotopic (exact) mass is 392 g/mol. The van der Waals surface area contributed by atoms with E-state index in [0.29, 0.717) is 12.3 Å². The Hall–Kier alpha value is -2.08. The van der Waals surface area contributed by atoms with E-state index in [1.165, 1.54) is 0 Å². The average Bonchev–Trinajstić information content (AvgIpc) is 3.05. The number of hydrogen-bond acceptors (Lipinski definition) is 6. The molecule has 1 unspecified atom stereocenters. The van der Waals surface area contributed by atoms with Crippen molar-refractivity contribution >= 4 is 12.1 Å². The van der Waals surface area contributed by atoms with Gasteiger partial charge in [0.1, 0.15) is 0 Å². The summed E-state index contributed by atoms with van der Waals surface area (Å²) in [6.07, 6.45) is 1.90. The second-order valence-corrected chi connectivity index (χ2v) is 7.73. The topological polar surface area (TPSA) is 82.1 Å². The summed E-state index contributed by atoms with van der Waals surface area (Å²) in [5.74, 6) is -0.616. The number of carbonyl (C=O) groups is 2. The Labute approximate surface area is 167 Å². The van der Waals surface area contributed by atoms with E-state index in [9.17, 15) is 14.7 Å². The largest absolute Gasteiger partial charge is 0.511 e. The van der Waals surface area contributed by atoms with E-state index in [-0.39, 0.29) is 12.2 Å². The third-order valence-electron chi connectivity index (χ3n) is 5.09. The minimum Gasteiger partial charge on any atom is -0.431 e. The highest BCUT2D eigenvalue weighted by Gasteiger charge is 2.26. The quantitative estimate of drug-likeness (QED) is 0.524. The minimum atomic E-state index is -0.968. The Balaban J connectivity index is 1.89. The van der Waals surface area contributed by atoms with Crippen molar-refractivity contribution in [1.29, 1.82) is 0 Å². The van der Waals surface area contributed by atoms with Crippen LogP contribution in [-0.4, -0.2) is 35.7 Å². The molecule has 0 amide bonds. The molecule has 0 aromatic heterocycles. The van der Waals surface area contributed by atoms with E-state index >= 15 is 0 Å². The maximum absolute atomic E-state index is 12.4. The van der Waals surface area contributed by atoms with Crippen molar-refractivity contribution in [3.63, 3.8) is 0 Å². The van der Waals surface area contributed by atoms with Crippen LogP contribution < -0.4 is 0 Å². The fourth-order valence-electron chi connectivity index (χ4n) is 3.39. The van der Waals surface area contributed by atoms with Crippen LogP contribution in [0.25, 0.3) is 0 Å². The van der Waals surface area contributed by atoms with E-state index in [1.54, 1.807) is 27.7 Å². The van der Waals surface area contributed by atoms with Crippen LogP contribution in [-0.2, 0) is 25.4 Å². The molecule has 4 atom stereocenters. The molecule has 0 spiro atoms. The maximum atomic E-state index is 12.4. The molecule has 6 heteroatoms. The van der Waals surface area contributed by atoms with Crippen molar-refractivity contribution < 1.29 is 28.9 Å². The van der Waals surface area contributed by atoms with Crippen LogP contribution in [0.15, 0.2) is 24.3 Å². The highest BCUT2D eigenvalue weighted by molar-refractivity contribution is 5.78. The predicted octanol–water partition coefficient (Wildman–Crippen LogP) is 4.33. The Morgan fingerprint density at radius 3 is 2.29 bits per heavy atom. The van der Waals surface area contributed by atoms with Gasteiger partial charge in [0.2, 0.25) is 0 Å². The number of aliphatic hydroxyl groups is 1. The van der Waals surface area contributed by atoms with Gasteiger partial charge in [-0.15, -0.1) is 0 Å². The van der Waals surface area contributed by atoms with Crippen molar-refractivity contribution in [2.45, 2.75) is 84.2 Å². The van der Waals surface area contributed by atoms with Crippen LogP contribution in [0, 0.1) is 5.92 Å². The molecule has 2 rings (SSSR count). The predicted molar refractivity (Wildman–Crippen MR) is 105 cm³/mol. The van der Waals surface area contributed by atoms with E-state index in [0.717, 1.165) is 36.8 Å². The van der Waals surface area contributed by atoms with Crippen molar-refractivity contribution in [1.82, 2.24) is 0 Å². The van der Waals surface area contributed by atoms with Gasteiger partial charge < -0.3 is 19.3 Å². The number of hydrogen-bond donors (Lipinski definition) is 1. The van der Waals surface area contributed by atoms with Crippen LogP contribution in [0.5, 0.6) is 0 Å². The Morgan fingerprint density at radius 1 is 1.07 bits per heavy atom. The zero-order valence-electron chi connectivity index (χ0n) is 17.2. The van der Waals surface area contributed by atoms with Gasteiger partial charge in [0.05, 0.1) is 18.1 Å². The molecule has 0 aliphatic heterocycles. The first-order valence-electron chi connectivity index (χ1n) is 10.1. The lowest BCUT2D eigenvalue weighted by molar-refractivity contribution is -0.173. The number of rotatable bonds is 8. The van der Waals surface area contributed by atoms with Crippen LogP contribution in [0.3, 0.4) is 0 Å². The molecular weight excluding hydrogens is 360 g/mol. The second kappa shape index (κ2) is 10.5. The van der Waals surface area contributed by atoms with Gasteiger partial charge in [-0.05, 0) is 57.1 Å². The standard InChI is InChI=1S/C22H32O6/c1-5-20(28-22(25)26-14(2)3)27-21(24)15(4)17-11-9-16(10-12-17)13-18-7-6-8-19(18)23/h9-12,14-15,18-20,23H,5-8,13H2,1-4H3/t15-,18+,19-,20?/m0/s1. The number of aliphatic hydroxyl groups excluding tert-OH is 1. The average molecular weight is 392 g/mol. The fourth-order valence-corrected chi connectivity index (χ4v) is 3.39. The first-order chi connectivity index (χ1) is 13.3. The summed E-state index contributed by atoms with van der Waals surface area (Å²) in [6, 6.07) is 7.82. The summed E-state index contributed by atoms with van der Waals surface area (Å²) >= 11 is 0. The highest BCUT2D eigenvalue weighted by Crippen LogP contribution is 2.29. The lowest BCUT2D eigenvalue weighted by Gasteiger charge is -2.20. The molecule has 1 saturated carbocycles. The van der Waals surface area contributed by atoms with Crippen LogP contribution in [0.2, 0.25) is 0 Å². The van der Waals surface area contributed by atoms with Gasteiger partial charge in [-0.2, -0.15) is 0 Å². The third-order valence-corrected chi connectivity index (χ3v) is 5.09. The molecule has 0 heterocycles. The fraction of sp³-hybridized carbons (Fsp3) is 0.636. The van der Waals surface area contributed by atoms with Crippen LogP contribution in [0.1, 0.15) is 70.4 Å². The van der Waals surface area contributed by atoms with Gasteiger partial charge >= 0.3 is 12.1 Å². The van der Waals surface area contributed by atoms with Gasteiger partial charge in [0.25, 0.3) is 6.29 Å². The summed E-state index contributed by atoms with van der Waals surface area (Å²) < 4.78 is 15.3. The Morgan fingerprint density at radius 2 is 1.75 bits per heavy atom. The smallest absolute Gasteiger partial charge is 0.431 e. The SMILES string of the molecule is CCC(OC(=O)OC(C)C)OC(=O)[C@@H](C)c1ccc(C[C@H]2CCC[C@@H]2O)cc1. The van der Waals surface area contributed by atoms with Crippen LogP contribution in [0.4, 0.5) is 4.79 Å². The summed E-state index contributed by atoms with van der Waals surface area (Å²) in [7, 11) is 0. The third kappa shape index (κ3) is 6.51. The number of esters is 1. The van der Waals surface area contributed by atoms with Crippen molar-refractivity contribution in [3.8, 4) is 0 Å². The highest BCUT2D eigenvalue weighted by atomic mass is 16.8. The van der Waals surface area contributed by atoms with Gasteiger partial charge in [-0.25, -0.2) is 4.79 Å². The molecule has 1 aliphatic rings. The van der Waals surface area contributed by atoms with E-state index in [2.05, 4.69) is 0 Å². The van der Waals surface area contributed by atoms with E-state index in [1.807, 2.05) is 24.3 Å². The summed E-state index contributed by atoms with van der Waals surface area (Å²) in [4.78, 5) is 24.0. The first kappa shape index (κ1) is 22.2. The number of ether oxygens (including phenoxy) is 3.